The summed E-state index contributed by atoms with van der Waals surface area (Å²) in [6, 6.07) is 26.2. The molecule has 0 spiro atoms. The summed E-state index contributed by atoms with van der Waals surface area (Å²) in [5.41, 5.74) is 8.35. The van der Waals surface area contributed by atoms with E-state index in [-0.39, 0.29) is 19.0 Å². The molecule has 4 N–H and O–H groups in total. The first-order valence-corrected chi connectivity index (χ1v) is 12.3. The van der Waals surface area contributed by atoms with Gasteiger partial charge in [0.15, 0.2) is 12.4 Å². The molecule has 3 aromatic rings. The van der Waals surface area contributed by atoms with E-state index in [1.54, 1.807) is 36.4 Å². The van der Waals surface area contributed by atoms with Crippen molar-refractivity contribution in [3.05, 3.63) is 108 Å². The number of rotatable bonds is 12. The van der Waals surface area contributed by atoms with E-state index in [1.165, 1.54) is 0 Å². The standard InChI is InChI=1S/C26H27N2O5P/c27-24(21-14-8-3-9-15-21)33-34(32)18-22(16-19-10-4-1-5-11-19)25(29)28-23(26(30)31)17-20-12-6-2-7-13-20/h1-15,22-24H,16-18,27H2,(H-,28,29,30,31)/p+1/t22?,23-,24?/m0/s1. The predicted molar refractivity (Wildman–Crippen MR) is 130 cm³/mol. The van der Waals surface area contributed by atoms with Crippen molar-refractivity contribution < 1.29 is 23.8 Å². The zero-order valence-corrected chi connectivity index (χ0v) is 19.5. The lowest BCUT2D eigenvalue weighted by Gasteiger charge is -2.18. The minimum atomic E-state index is -2.28. The van der Waals surface area contributed by atoms with Crippen molar-refractivity contribution in [1.82, 2.24) is 5.32 Å². The van der Waals surface area contributed by atoms with Crippen LogP contribution in [0.25, 0.3) is 0 Å². The summed E-state index contributed by atoms with van der Waals surface area (Å²) >= 11 is 0. The number of carboxylic acid groups (broad SMARTS) is 1. The van der Waals surface area contributed by atoms with E-state index in [0.29, 0.717) is 5.56 Å². The normalized spacial score (nSPS) is 14.0. The highest BCUT2D eigenvalue weighted by molar-refractivity contribution is 7.39. The summed E-state index contributed by atoms with van der Waals surface area (Å²) in [6.45, 7) is 0. The van der Waals surface area contributed by atoms with E-state index in [1.807, 2.05) is 54.6 Å². The lowest BCUT2D eigenvalue weighted by atomic mass is 9.99. The predicted octanol–water partition coefficient (Wildman–Crippen LogP) is 4.07. The maximum absolute atomic E-state index is 13.2. The third-order valence-electron chi connectivity index (χ3n) is 5.32. The first-order valence-electron chi connectivity index (χ1n) is 11.0. The summed E-state index contributed by atoms with van der Waals surface area (Å²) < 4.78 is 18.3. The van der Waals surface area contributed by atoms with Crippen LogP contribution >= 0.6 is 8.03 Å². The smallest absolute Gasteiger partial charge is 0.480 e. The highest BCUT2D eigenvalue weighted by Gasteiger charge is 2.34. The first-order chi connectivity index (χ1) is 16.4. The molecular formula is C26H28N2O5P+. The number of benzene rings is 3. The van der Waals surface area contributed by atoms with Crippen molar-refractivity contribution in [2.45, 2.75) is 25.1 Å². The molecule has 0 aliphatic heterocycles. The van der Waals surface area contributed by atoms with Crippen LogP contribution < -0.4 is 11.1 Å². The van der Waals surface area contributed by atoms with Gasteiger partial charge in [-0.2, -0.15) is 0 Å². The van der Waals surface area contributed by atoms with E-state index in [9.17, 15) is 19.3 Å². The van der Waals surface area contributed by atoms with E-state index < -0.39 is 38.1 Å². The summed E-state index contributed by atoms with van der Waals surface area (Å²) in [5, 5.41) is 12.3. The Morgan fingerprint density at radius 1 is 0.853 bits per heavy atom. The molecule has 4 atom stereocenters. The Kier molecular flexibility index (Phi) is 9.47. The molecule has 0 aromatic heterocycles. The van der Waals surface area contributed by atoms with Crippen LogP contribution in [0.1, 0.15) is 22.9 Å². The Bertz CT molecular complexity index is 1080. The van der Waals surface area contributed by atoms with Crippen molar-refractivity contribution >= 4 is 19.9 Å². The molecule has 0 fully saturated rings. The van der Waals surface area contributed by atoms with Crippen LogP contribution in [-0.2, 0) is 31.5 Å². The fourth-order valence-corrected chi connectivity index (χ4v) is 4.65. The van der Waals surface area contributed by atoms with Gasteiger partial charge in [-0.1, -0.05) is 91.0 Å². The van der Waals surface area contributed by atoms with Crippen molar-refractivity contribution in [3.8, 4) is 0 Å². The van der Waals surface area contributed by atoms with Gasteiger partial charge in [0.2, 0.25) is 5.91 Å². The van der Waals surface area contributed by atoms with Crippen molar-refractivity contribution in [2.24, 2.45) is 11.7 Å². The van der Waals surface area contributed by atoms with Crippen molar-refractivity contribution in [2.75, 3.05) is 6.16 Å². The van der Waals surface area contributed by atoms with Gasteiger partial charge in [0.05, 0.1) is 5.92 Å². The highest BCUT2D eigenvalue weighted by atomic mass is 31.1. The van der Waals surface area contributed by atoms with E-state index in [0.717, 1.165) is 11.1 Å². The Labute approximate surface area is 199 Å². The SMILES string of the molecule is NC(O[P+](=O)CC(Cc1ccccc1)C(=O)N[C@@H](Cc1ccccc1)C(=O)O)c1ccccc1. The minimum absolute atomic E-state index is 0.0890. The maximum Gasteiger partial charge on any atom is 0.510 e. The largest absolute Gasteiger partial charge is 0.510 e. The van der Waals surface area contributed by atoms with Gasteiger partial charge in [0.25, 0.3) is 0 Å². The van der Waals surface area contributed by atoms with Crippen LogP contribution in [0.3, 0.4) is 0 Å². The zero-order valence-electron chi connectivity index (χ0n) is 18.6. The molecule has 0 saturated carbocycles. The average molecular weight is 479 g/mol. The number of aliphatic carboxylic acids is 1. The van der Waals surface area contributed by atoms with Gasteiger partial charge in [-0.05, 0) is 22.1 Å². The Hall–Kier alpha value is -3.38. The lowest BCUT2D eigenvalue weighted by molar-refractivity contribution is -0.142. The molecule has 176 valence electrons. The number of nitrogens with one attached hydrogen (secondary N) is 1. The number of hydrogen-bond acceptors (Lipinski definition) is 5. The van der Waals surface area contributed by atoms with Crippen LogP contribution in [0.4, 0.5) is 0 Å². The molecule has 0 saturated heterocycles. The van der Waals surface area contributed by atoms with Gasteiger partial charge < -0.3 is 10.4 Å². The molecule has 3 unspecified atom stereocenters. The molecule has 0 radical (unpaired) electrons. The van der Waals surface area contributed by atoms with Crippen molar-refractivity contribution in [3.63, 3.8) is 0 Å². The molecule has 7 nitrogen and oxygen atoms in total. The molecule has 8 heteroatoms. The van der Waals surface area contributed by atoms with Gasteiger partial charge in [-0.3, -0.25) is 10.5 Å². The number of hydrogen-bond donors (Lipinski definition) is 3. The van der Waals surface area contributed by atoms with Gasteiger partial charge >= 0.3 is 14.0 Å². The minimum Gasteiger partial charge on any atom is -0.480 e. The summed E-state index contributed by atoms with van der Waals surface area (Å²) in [5.74, 6) is -2.39. The monoisotopic (exact) mass is 479 g/mol. The molecule has 0 aliphatic carbocycles. The van der Waals surface area contributed by atoms with Crippen molar-refractivity contribution in [1.29, 1.82) is 0 Å². The van der Waals surface area contributed by atoms with Crippen LogP contribution in [-0.4, -0.2) is 29.2 Å². The number of carbonyl (C=O) groups excluding carboxylic acids is 1. The Morgan fingerprint density at radius 2 is 1.35 bits per heavy atom. The van der Waals surface area contributed by atoms with Gasteiger partial charge in [-0.15, -0.1) is 4.52 Å². The highest BCUT2D eigenvalue weighted by Crippen LogP contribution is 2.32. The second-order valence-electron chi connectivity index (χ2n) is 7.93. The molecular weight excluding hydrogens is 451 g/mol. The third kappa shape index (κ3) is 7.89. The zero-order chi connectivity index (χ0) is 24.3. The number of carboxylic acids is 1. The first kappa shape index (κ1) is 25.2. The lowest BCUT2D eigenvalue weighted by Crippen LogP contribution is -2.46. The Balaban J connectivity index is 1.71. The second-order valence-corrected chi connectivity index (χ2v) is 9.17. The quantitative estimate of drug-likeness (QED) is 0.266. The summed E-state index contributed by atoms with van der Waals surface area (Å²) in [4.78, 5) is 25.0. The summed E-state index contributed by atoms with van der Waals surface area (Å²) in [6.07, 6.45) is -0.555. The number of nitrogens with two attached hydrogens (primary N) is 1. The second kappa shape index (κ2) is 12.8. The van der Waals surface area contributed by atoms with Crippen LogP contribution in [0.15, 0.2) is 91.0 Å². The molecule has 3 aromatic carbocycles. The maximum atomic E-state index is 13.2. The van der Waals surface area contributed by atoms with Crippen LogP contribution in [0.5, 0.6) is 0 Å². The topological polar surface area (TPSA) is 119 Å². The molecule has 1 amide bonds. The number of amides is 1. The number of carbonyl (C=O) groups is 2. The van der Waals surface area contributed by atoms with Gasteiger partial charge in [0.1, 0.15) is 6.04 Å². The summed E-state index contributed by atoms with van der Waals surface area (Å²) in [7, 11) is -2.28. The third-order valence-corrected chi connectivity index (χ3v) is 6.52. The average Bonchev–Trinajstić information content (AvgIpc) is 2.85. The molecule has 0 heterocycles. The van der Waals surface area contributed by atoms with E-state index in [2.05, 4.69) is 5.32 Å². The van der Waals surface area contributed by atoms with E-state index in [4.69, 9.17) is 10.3 Å². The van der Waals surface area contributed by atoms with Crippen LogP contribution in [0, 0.1) is 5.92 Å². The van der Waals surface area contributed by atoms with Gasteiger partial charge in [-0.25, -0.2) is 4.79 Å². The van der Waals surface area contributed by atoms with Crippen LogP contribution in [0.2, 0.25) is 0 Å². The molecule has 0 aliphatic rings. The molecule has 34 heavy (non-hydrogen) atoms. The van der Waals surface area contributed by atoms with E-state index >= 15 is 0 Å². The Morgan fingerprint density at radius 3 is 1.88 bits per heavy atom. The molecule has 3 rings (SSSR count). The molecule has 0 bridgehead atoms. The fourth-order valence-electron chi connectivity index (χ4n) is 3.53. The van der Waals surface area contributed by atoms with Gasteiger partial charge in [0, 0.05) is 12.0 Å². The fraction of sp³-hybridized carbons (Fsp3) is 0.231.